The molecule has 1 aliphatic rings. The van der Waals surface area contributed by atoms with E-state index in [0.717, 1.165) is 13.1 Å². The number of β-amino-alcohol motifs (C(OH)–C–C–N with tert-alkyl or cyclic N) is 1. The molecule has 12 heteroatoms. The number of hydrogen-bond donors (Lipinski definition) is 1. The third-order valence-corrected chi connectivity index (χ3v) is 5.90. The summed E-state index contributed by atoms with van der Waals surface area (Å²) >= 11 is 0. The zero-order chi connectivity index (χ0) is 26.5. The summed E-state index contributed by atoms with van der Waals surface area (Å²) < 4.78 is 95.9. The van der Waals surface area contributed by atoms with Gasteiger partial charge in [-0.2, -0.15) is 26.3 Å². The summed E-state index contributed by atoms with van der Waals surface area (Å²) in [7, 11) is 2.87. The molecule has 36 heavy (non-hydrogen) atoms. The number of piperazine rings is 1. The van der Waals surface area contributed by atoms with E-state index in [1.165, 1.54) is 20.3 Å². The molecule has 3 rings (SSSR count). The minimum atomic E-state index is -4.95. The summed E-state index contributed by atoms with van der Waals surface area (Å²) in [5.74, 6) is 1.01. The van der Waals surface area contributed by atoms with Gasteiger partial charge in [-0.3, -0.25) is 9.80 Å². The van der Waals surface area contributed by atoms with Crippen molar-refractivity contribution in [2.75, 3.05) is 53.6 Å². The molecule has 0 aliphatic carbocycles. The van der Waals surface area contributed by atoms with Crippen molar-refractivity contribution >= 4 is 0 Å². The predicted molar refractivity (Wildman–Crippen MR) is 119 cm³/mol. The van der Waals surface area contributed by atoms with Gasteiger partial charge in [-0.1, -0.05) is 0 Å². The number of rotatable bonds is 9. The number of hydrogen-bond acceptors (Lipinski definition) is 6. The topological polar surface area (TPSA) is 54.4 Å². The minimum absolute atomic E-state index is 0.0654. The quantitative estimate of drug-likeness (QED) is 0.492. The van der Waals surface area contributed by atoms with Crippen LogP contribution in [0, 0.1) is 0 Å². The number of alkyl halides is 6. The van der Waals surface area contributed by atoms with E-state index in [2.05, 4.69) is 9.80 Å². The predicted octanol–water partition coefficient (Wildman–Crippen LogP) is 4.43. The minimum Gasteiger partial charge on any atom is -0.496 e. The summed E-state index contributed by atoms with van der Waals surface area (Å²) in [5, 5.41) is 9.13. The third-order valence-electron chi connectivity index (χ3n) is 5.90. The van der Waals surface area contributed by atoms with Crippen LogP contribution in [0.1, 0.15) is 22.3 Å². The molecule has 0 radical (unpaired) electrons. The number of aliphatic hydroxyl groups is 1. The lowest BCUT2D eigenvalue weighted by atomic mass is 10.0. The molecule has 1 heterocycles. The van der Waals surface area contributed by atoms with Gasteiger partial charge in [0.2, 0.25) is 0 Å². The van der Waals surface area contributed by atoms with Gasteiger partial charge in [-0.15, -0.1) is 0 Å². The van der Waals surface area contributed by atoms with Gasteiger partial charge in [0.05, 0.1) is 37.5 Å². The largest absolute Gasteiger partial charge is 0.496 e. The molecule has 0 aromatic heterocycles. The van der Waals surface area contributed by atoms with Crippen molar-refractivity contribution in [3.63, 3.8) is 0 Å². The van der Waals surface area contributed by atoms with Crippen LogP contribution in [0.3, 0.4) is 0 Å². The molecule has 200 valence electrons. The van der Waals surface area contributed by atoms with Gasteiger partial charge in [0.1, 0.15) is 23.9 Å². The Morgan fingerprint density at radius 1 is 0.778 bits per heavy atom. The van der Waals surface area contributed by atoms with Gasteiger partial charge in [0, 0.05) is 51.4 Å². The Morgan fingerprint density at radius 2 is 1.33 bits per heavy atom. The van der Waals surface area contributed by atoms with Crippen LogP contribution in [0.5, 0.6) is 17.2 Å². The molecular weight excluding hydrogens is 494 g/mol. The third kappa shape index (κ3) is 7.17. The van der Waals surface area contributed by atoms with E-state index >= 15 is 0 Å². The Balaban J connectivity index is 1.88. The number of benzene rings is 2. The van der Waals surface area contributed by atoms with Crippen LogP contribution in [0.2, 0.25) is 0 Å². The van der Waals surface area contributed by atoms with Crippen LogP contribution >= 0.6 is 0 Å². The second kappa shape index (κ2) is 11.6. The Labute approximate surface area is 205 Å². The van der Waals surface area contributed by atoms with Crippen LogP contribution < -0.4 is 14.2 Å². The maximum atomic E-state index is 13.2. The number of methoxy groups -OCH3 is 2. The van der Waals surface area contributed by atoms with E-state index in [9.17, 15) is 26.3 Å². The highest BCUT2D eigenvalue weighted by atomic mass is 19.4. The average molecular weight is 522 g/mol. The molecule has 6 nitrogen and oxygen atoms in total. The van der Waals surface area contributed by atoms with E-state index in [1.807, 2.05) is 0 Å². The molecule has 1 fully saturated rings. The van der Waals surface area contributed by atoms with Crippen molar-refractivity contribution in [1.82, 2.24) is 9.80 Å². The second-order valence-electron chi connectivity index (χ2n) is 8.35. The molecule has 0 unspecified atom stereocenters. The van der Waals surface area contributed by atoms with E-state index in [4.69, 9.17) is 19.3 Å². The monoisotopic (exact) mass is 522 g/mol. The smallest absolute Gasteiger partial charge is 0.416 e. The lowest BCUT2D eigenvalue weighted by molar-refractivity contribution is -0.143. The first-order valence-corrected chi connectivity index (χ1v) is 11.2. The molecule has 0 spiro atoms. The highest BCUT2D eigenvalue weighted by Gasteiger charge is 2.37. The van der Waals surface area contributed by atoms with Crippen LogP contribution in [-0.4, -0.2) is 68.5 Å². The van der Waals surface area contributed by atoms with Crippen molar-refractivity contribution in [1.29, 1.82) is 0 Å². The van der Waals surface area contributed by atoms with Crippen molar-refractivity contribution < 1.29 is 45.7 Å². The van der Waals surface area contributed by atoms with E-state index in [0.29, 0.717) is 55.4 Å². The SMILES string of the molecule is COc1cc(OC)c(CN2CCN(CCO)CC2)c(OCc2cc(C(F)(F)F)cc(C(F)(F)F)c2)c1. The molecule has 0 bridgehead atoms. The van der Waals surface area contributed by atoms with Gasteiger partial charge in [0.25, 0.3) is 0 Å². The van der Waals surface area contributed by atoms with Gasteiger partial charge in [-0.25, -0.2) is 0 Å². The highest BCUT2D eigenvalue weighted by molar-refractivity contribution is 5.51. The average Bonchev–Trinajstić information content (AvgIpc) is 2.83. The molecule has 1 aliphatic heterocycles. The van der Waals surface area contributed by atoms with Crippen LogP contribution in [0.4, 0.5) is 26.3 Å². The first kappa shape index (κ1) is 27.9. The normalized spacial score (nSPS) is 15.7. The Kier molecular flexibility index (Phi) is 8.96. The molecule has 0 amide bonds. The number of halogens is 6. The zero-order valence-corrected chi connectivity index (χ0v) is 19.9. The molecule has 2 aromatic carbocycles. The lowest BCUT2D eigenvalue weighted by Crippen LogP contribution is -2.46. The van der Waals surface area contributed by atoms with Crippen LogP contribution in [0.15, 0.2) is 30.3 Å². The molecule has 2 aromatic rings. The van der Waals surface area contributed by atoms with Crippen molar-refractivity contribution in [2.24, 2.45) is 0 Å². The first-order valence-electron chi connectivity index (χ1n) is 11.2. The van der Waals surface area contributed by atoms with Crippen LogP contribution in [-0.2, 0) is 25.5 Å². The fourth-order valence-corrected chi connectivity index (χ4v) is 3.98. The number of nitrogens with zero attached hydrogens (tertiary/aromatic N) is 2. The summed E-state index contributed by atoms with van der Waals surface area (Å²) in [6.45, 7) is 3.35. The fourth-order valence-electron chi connectivity index (χ4n) is 3.98. The summed E-state index contributed by atoms with van der Waals surface area (Å²) in [5.41, 5.74) is -2.49. The molecule has 1 N–H and O–H groups in total. The highest BCUT2D eigenvalue weighted by Crippen LogP contribution is 2.38. The van der Waals surface area contributed by atoms with Crippen LogP contribution in [0.25, 0.3) is 0 Å². The Morgan fingerprint density at radius 3 is 1.83 bits per heavy atom. The van der Waals surface area contributed by atoms with Gasteiger partial charge in [0.15, 0.2) is 0 Å². The Hall–Kier alpha value is -2.70. The molecule has 0 saturated carbocycles. The lowest BCUT2D eigenvalue weighted by Gasteiger charge is -2.34. The first-order chi connectivity index (χ1) is 16.9. The maximum Gasteiger partial charge on any atom is 0.416 e. The van der Waals surface area contributed by atoms with E-state index in [-0.39, 0.29) is 24.0 Å². The van der Waals surface area contributed by atoms with Gasteiger partial charge < -0.3 is 19.3 Å². The maximum absolute atomic E-state index is 13.2. The molecule has 0 atom stereocenters. The Bertz CT molecular complexity index is 989. The second-order valence-corrected chi connectivity index (χ2v) is 8.35. The van der Waals surface area contributed by atoms with Crippen molar-refractivity contribution in [3.8, 4) is 17.2 Å². The van der Waals surface area contributed by atoms with Gasteiger partial charge in [-0.05, 0) is 23.8 Å². The van der Waals surface area contributed by atoms with Gasteiger partial charge >= 0.3 is 12.4 Å². The summed E-state index contributed by atoms with van der Waals surface area (Å²) in [6, 6.07) is 4.54. The zero-order valence-electron chi connectivity index (χ0n) is 19.9. The van der Waals surface area contributed by atoms with Crippen molar-refractivity contribution in [3.05, 3.63) is 52.6 Å². The van der Waals surface area contributed by atoms with E-state index < -0.39 is 30.1 Å². The standard InChI is InChI=1S/C24H28F6N2O4/c1-34-19-12-21(35-2)20(14-32-5-3-31(4-6-32)7-8-33)22(13-19)36-15-16-9-17(23(25,26)27)11-18(10-16)24(28,29)30/h9-13,33H,3-8,14-15H2,1-2H3. The van der Waals surface area contributed by atoms with E-state index in [1.54, 1.807) is 6.07 Å². The summed E-state index contributed by atoms with van der Waals surface area (Å²) in [6.07, 6.45) is -9.89. The number of ether oxygens (including phenoxy) is 3. The molecule has 1 saturated heterocycles. The molecular formula is C24H28F6N2O4. The number of aliphatic hydroxyl groups excluding tert-OH is 1. The summed E-state index contributed by atoms with van der Waals surface area (Å²) in [4.78, 5) is 4.24. The van der Waals surface area contributed by atoms with Crippen molar-refractivity contribution in [2.45, 2.75) is 25.5 Å². The fraction of sp³-hybridized carbons (Fsp3) is 0.500.